The summed E-state index contributed by atoms with van der Waals surface area (Å²) in [5, 5.41) is 9.22. The van der Waals surface area contributed by atoms with Crippen molar-refractivity contribution in [3.05, 3.63) is 0 Å². The van der Waals surface area contributed by atoms with E-state index in [1.165, 1.54) is 7.05 Å². The predicted molar refractivity (Wildman–Crippen MR) is 52.2 cm³/mol. The number of rotatable bonds is 4. The molecule has 88 valence electrons. The van der Waals surface area contributed by atoms with E-state index < -0.39 is 17.7 Å². The molecule has 1 N–H and O–H groups in total. The lowest BCUT2D eigenvalue weighted by Gasteiger charge is -2.23. The molecule has 0 aliphatic rings. The molecule has 1 amide bonds. The molecule has 0 spiro atoms. The first kappa shape index (κ1) is 13.7. The van der Waals surface area contributed by atoms with Crippen molar-refractivity contribution >= 4 is 12.1 Å². The Balaban J connectivity index is 3.85. The Morgan fingerprint density at radius 1 is 1.33 bits per heavy atom. The summed E-state index contributed by atoms with van der Waals surface area (Å²) in [6.07, 6.45) is -0.805. The molecule has 0 bridgehead atoms. The Morgan fingerprint density at radius 2 is 1.87 bits per heavy atom. The molecule has 0 aliphatic carbocycles. The number of carbonyl (C=O) groups is 2. The molecule has 0 aromatic rings. The van der Waals surface area contributed by atoms with Crippen LogP contribution in [-0.4, -0.2) is 41.5 Å². The van der Waals surface area contributed by atoms with Crippen molar-refractivity contribution in [2.75, 3.05) is 13.7 Å². The van der Waals surface area contributed by atoms with E-state index in [0.29, 0.717) is 0 Å². The summed E-state index contributed by atoms with van der Waals surface area (Å²) in [5.41, 5.74) is -0.596. The number of ether oxygens (including phenoxy) is 1. The van der Waals surface area contributed by atoms with E-state index in [0.717, 1.165) is 5.06 Å². The molecule has 0 saturated heterocycles. The molecular formula is C9H17NO5. The van der Waals surface area contributed by atoms with Crippen LogP contribution in [0.15, 0.2) is 0 Å². The molecule has 0 fully saturated rings. The van der Waals surface area contributed by atoms with Crippen LogP contribution in [0.2, 0.25) is 0 Å². The Hall–Kier alpha value is -1.30. The molecule has 0 aromatic heterocycles. The summed E-state index contributed by atoms with van der Waals surface area (Å²) < 4.78 is 4.97. The Bertz CT molecular complexity index is 233. The molecule has 0 rings (SSSR count). The molecule has 0 aliphatic heterocycles. The largest absolute Gasteiger partial charge is 0.481 e. The van der Waals surface area contributed by atoms with Crippen LogP contribution in [0.3, 0.4) is 0 Å². The second kappa shape index (κ2) is 5.55. The van der Waals surface area contributed by atoms with Gasteiger partial charge in [-0.25, -0.2) is 4.79 Å². The van der Waals surface area contributed by atoms with Crippen LogP contribution in [-0.2, 0) is 14.4 Å². The van der Waals surface area contributed by atoms with Crippen molar-refractivity contribution in [1.82, 2.24) is 5.06 Å². The lowest BCUT2D eigenvalue weighted by Crippen LogP contribution is -2.34. The van der Waals surface area contributed by atoms with Gasteiger partial charge in [0.05, 0.1) is 13.0 Å². The van der Waals surface area contributed by atoms with E-state index in [-0.39, 0.29) is 13.0 Å². The maximum atomic E-state index is 11.3. The van der Waals surface area contributed by atoms with Gasteiger partial charge in [0.1, 0.15) is 5.60 Å². The third-order valence-electron chi connectivity index (χ3n) is 1.25. The van der Waals surface area contributed by atoms with Gasteiger partial charge in [-0.3, -0.25) is 9.63 Å². The summed E-state index contributed by atoms with van der Waals surface area (Å²) >= 11 is 0. The number of carboxylic acid groups (broad SMARTS) is 1. The zero-order chi connectivity index (χ0) is 12.1. The van der Waals surface area contributed by atoms with Gasteiger partial charge in [0, 0.05) is 7.05 Å². The van der Waals surface area contributed by atoms with Gasteiger partial charge >= 0.3 is 12.1 Å². The van der Waals surface area contributed by atoms with Gasteiger partial charge in [0.2, 0.25) is 0 Å². The van der Waals surface area contributed by atoms with Crippen LogP contribution in [0, 0.1) is 0 Å². The van der Waals surface area contributed by atoms with Gasteiger partial charge in [0.15, 0.2) is 0 Å². The SMILES string of the molecule is CN(OCCC(=O)O)C(=O)OC(C)(C)C. The topological polar surface area (TPSA) is 76.1 Å². The smallest absolute Gasteiger partial charge is 0.434 e. The number of carbonyl (C=O) groups excluding carboxylic acids is 1. The van der Waals surface area contributed by atoms with Crippen LogP contribution in [0.4, 0.5) is 4.79 Å². The summed E-state index contributed by atoms with van der Waals surface area (Å²) in [4.78, 5) is 26.3. The first-order chi connectivity index (χ1) is 6.72. The van der Waals surface area contributed by atoms with E-state index in [1.54, 1.807) is 20.8 Å². The summed E-state index contributed by atoms with van der Waals surface area (Å²) in [6, 6.07) is 0. The number of hydroxylamine groups is 2. The van der Waals surface area contributed by atoms with Crippen molar-refractivity contribution < 1.29 is 24.3 Å². The van der Waals surface area contributed by atoms with Crippen LogP contribution in [0.25, 0.3) is 0 Å². The first-order valence-electron chi connectivity index (χ1n) is 4.54. The maximum Gasteiger partial charge on any atom is 0.434 e. The van der Waals surface area contributed by atoms with E-state index >= 15 is 0 Å². The molecule has 0 unspecified atom stereocenters. The summed E-state index contributed by atoms with van der Waals surface area (Å²) in [5.74, 6) is -0.979. The lowest BCUT2D eigenvalue weighted by atomic mass is 10.2. The van der Waals surface area contributed by atoms with Gasteiger partial charge in [-0.1, -0.05) is 0 Å². The maximum absolute atomic E-state index is 11.3. The van der Waals surface area contributed by atoms with E-state index in [2.05, 4.69) is 0 Å². The average molecular weight is 219 g/mol. The predicted octanol–water partition coefficient (Wildman–Crippen LogP) is 1.26. The molecule has 0 atom stereocenters. The van der Waals surface area contributed by atoms with E-state index in [9.17, 15) is 9.59 Å². The van der Waals surface area contributed by atoms with Crippen molar-refractivity contribution in [2.45, 2.75) is 32.8 Å². The number of hydrogen-bond donors (Lipinski definition) is 1. The minimum absolute atomic E-state index is 0.0644. The molecular weight excluding hydrogens is 202 g/mol. The first-order valence-corrected chi connectivity index (χ1v) is 4.54. The van der Waals surface area contributed by atoms with Crippen molar-refractivity contribution in [3.8, 4) is 0 Å². The molecule has 0 radical (unpaired) electrons. The highest BCUT2D eigenvalue weighted by atomic mass is 16.7. The standard InChI is InChI=1S/C9H17NO5/c1-9(2,3)15-8(13)10(4)14-6-5-7(11)12/h5-6H2,1-4H3,(H,11,12). The fraction of sp³-hybridized carbons (Fsp3) is 0.778. The monoisotopic (exact) mass is 219 g/mol. The Kier molecular flexibility index (Phi) is 5.07. The second-order valence-electron chi connectivity index (χ2n) is 3.95. The molecule has 15 heavy (non-hydrogen) atoms. The number of carboxylic acids is 1. The molecule has 6 heteroatoms. The highest BCUT2D eigenvalue weighted by Gasteiger charge is 2.20. The Morgan fingerprint density at radius 3 is 2.27 bits per heavy atom. The van der Waals surface area contributed by atoms with Crippen LogP contribution >= 0.6 is 0 Å². The van der Waals surface area contributed by atoms with Gasteiger partial charge in [-0.05, 0) is 20.8 Å². The fourth-order valence-corrected chi connectivity index (χ4v) is 0.649. The van der Waals surface area contributed by atoms with Crippen LogP contribution in [0.1, 0.15) is 27.2 Å². The van der Waals surface area contributed by atoms with Gasteiger partial charge < -0.3 is 9.84 Å². The van der Waals surface area contributed by atoms with Crippen LogP contribution < -0.4 is 0 Å². The summed E-state index contributed by atoms with van der Waals surface area (Å²) in [6.45, 7) is 5.13. The molecule has 6 nitrogen and oxygen atoms in total. The van der Waals surface area contributed by atoms with E-state index in [1.807, 2.05) is 0 Å². The zero-order valence-corrected chi connectivity index (χ0v) is 9.44. The minimum Gasteiger partial charge on any atom is -0.481 e. The van der Waals surface area contributed by atoms with Crippen molar-refractivity contribution in [3.63, 3.8) is 0 Å². The van der Waals surface area contributed by atoms with Crippen molar-refractivity contribution in [2.24, 2.45) is 0 Å². The van der Waals surface area contributed by atoms with E-state index in [4.69, 9.17) is 14.7 Å². The number of nitrogens with zero attached hydrogens (tertiary/aromatic N) is 1. The van der Waals surface area contributed by atoms with Gasteiger partial charge in [0.25, 0.3) is 0 Å². The highest BCUT2D eigenvalue weighted by molar-refractivity contribution is 5.67. The zero-order valence-electron chi connectivity index (χ0n) is 9.44. The normalized spacial score (nSPS) is 10.9. The minimum atomic E-state index is -0.979. The average Bonchev–Trinajstić information content (AvgIpc) is 1.99. The van der Waals surface area contributed by atoms with Crippen LogP contribution in [0.5, 0.6) is 0 Å². The molecule has 0 saturated carbocycles. The fourth-order valence-electron chi connectivity index (χ4n) is 0.649. The number of amides is 1. The summed E-state index contributed by atoms with van der Waals surface area (Å²) in [7, 11) is 1.37. The number of hydrogen-bond acceptors (Lipinski definition) is 4. The Labute approximate surface area is 88.7 Å². The second-order valence-corrected chi connectivity index (χ2v) is 3.95. The van der Waals surface area contributed by atoms with Gasteiger partial charge in [-0.15, -0.1) is 0 Å². The third kappa shape index (κ3) is 7.75. The number of aliphatic carboxylic acids is 1. The highest BCUT2D eigenvalue weighted by Crippen LogP contribution is 2.09. The molecule has 0 aromatic carbocycles. The van der Waals surface area contributed by atoms with Crippen molar-refractivity contribution in [1.29, 1.82) is 0 Å². The quantitative estimate of drug-likeness (QED) is 0.720. The lowest BCUT2D eigenvalue weighted by molar-refractivity contribution is -0.150. The molecule has 0 heterocycles. The third-order valence-corrected chi connectivity index (χ3v) is 1.25. The van der Waals surface area contributed by atoms with Gasteiger partial charge in [-0.2, -0.15) is 5.06 Å².